The van der Waals surface area contributed by atoms with E-state index in [-0.39, 0.29) is 5.91 Å². The van der Waals surface area contributed by atoms with Crippen molar-refractivity contribution < 1.29 is 4.79 Å². The third-order valence-corrected chi connectivity index (χ3v) is 5.81. The molecule has 4 rings (SSSR count). The zero-order valence-corrected chi connectivity index (χ0v) is 18.1. The van der Waals surface area contributed by atoms with Crippen molar-refractivity contribution in [3.8, 4) is 0 Å². The van der Waals surface area contributed by atoms with Gasteiger partial charge in [-0.05, 0) is 47.7 Å². The Labute approximate surface area is 183 Å². The van der Waals surface area contributed by atoms with E-state index in [1.165, 1.54) is 11.1 Å². The second-order valence-corrected chi connectivity index (χ2v) is 7.90. The molecular weight excluding hydrogens is 384 g/mol. The number of nitrogens with zero attached hydrogens (tertiary/aromatic N) is 3. The van der Waals surface area contributed by atoms with Crippen molar-refractivity contribution >= 4 is 16.9 Å². The maximum absolute atomic E-state index is 12.3. The van der Waals surface area contributed by atoms with E-state index in [1.807, 2.05) is 18.2 Å². The quantitative estimate of drug-likeness (QED) is 0.445. The molecule has 0 saturated heterocycles. The third-order valence-electron chi connectivity index (χ3n) is 5.81. The number of benzene rings is 2. The van der Waals surface area contributed by atoms with Crippen LogP contribution in [0.1, 0.15) is 53.5 Å². The number of hydrogen-bond donors (Lipinski definition) is 1. The fraction of sp³-hybridized carbons (Fsp3) is 0.269. The number of imidazole rings is 1. The molecule has 0 aliphatic carbocycles. The summed E-state index contributed by atoms with van der Waals surface area (Å²) >= 11 is 0. The van der Waals surface area contributed by atoms with Gasteiger partial charge in [0.05, 0.1) is 11.0 Å². The van der Waals surface area contributed by atoms with E-state index in [0.717, 1.165) is 29.8 Å². The monoisotopic (exact) mass is 412 g/mol. The molecule has 5 heteroatoms. The van der Waals surface area contributed by atoms with Gasteiger partial charge in [0.25, 0.3) is 5.91 Å². The normalized spacial score (nSPS) is 12.1. The van der Waals surface area contributed by atoms with Gasteiger partial charge in [-0.3, -0.25) is 9.78 Å². The number of hydrogen-bond acceptors (Lipinski definition) is 3. The third kappa shape index (κ3) is 4.82. The molecule has 1 N–H and O–H groups in total. The minimum Gasteiger partial charge on any atom is -0.352 e. The number of amides is 1. The molecular formula is C26H28N4O. The highest BCUT2D eigenvalue weighted by Gasteiger charge is 2.12. The molecule has 0 aliphatic heterocycles. The van der Waals surface area contributed by atoms with Crippen LogP contribution < -0.4 is 5.32 Å². The first-order chi connectivity index (χ1) is 15.2. The van der Waals surface area contributed by atoms with Gasteiger partial charge in [0, 0.05) is 37.5 Å². The van der Waals surface area contributed by atoms with Crippen LogP contribution in [0.4, 0.5) is 0 Å². The molecule has 0 fully saturated rings. The lowest BCUT2D eigenvalue weighted by Crippen LogP contribution is -2.26. The lowest BCUT2D eigenvalue weighted by molar-refractivity contribution is 0.0954. The minimum absolute atomic E-state index is 0.0920. The van der Waals surface area contributed by atoms with Crippen molar-refractivity contribution in [3.05, 3.63) is 95.6 Å². The average Bonchev–Trinajstić information content (AvgIpc) is 3.16. The Bertz CT molecular complexity index is 1150. The summed E-state index contributed by atoms with van der Waals surface area (Å²) in [5.74, 6) is 1.45. The van der Waals surface area contributed by atoms with Gasteiger partial charge in [0.15, 0.2) is 0 Å². The Morgan fingerprint density at radius 3 is 2.52 bits per heavy atom. The first kappa shape index (κ1) is 20.8. The van der Waals surface area contributed by atoms with Crippen LogP contribution in [-0.4, -0.2) is 27.0 Å². The molecule has 158 valence electrons. The highest BCUT2D eigenvalue weighted by atomic mass is 16.1. The summed E-state index contributed by atoms with van der Waals surface area (Å²) in [5.41, 5.74) is 5.33. The highest BCUT2D eigenvalue weighted by molar-refractivity contribution is 5.93. The second-order valence-electron chi connectivity index (χ2n) is 7.90. The zero-order chi connectivity index (χ0) is 21.6. The molecule has 1 amide bonds. The Morgan fingerprint density at radius 1 is 1.03 bits per heavy atom. The predicted octanol–water partition coefficient (Wildman–Crippen LogP) is 4.97. The number of nitrogens with one attached hydrogen (secondary N) is 1. The summed E-state index contributed by atoms with van der Waals surface area (Å²) in [6.07, 6.45) is 5.05. The first-order valence-electron chi connectivity index (χ1n) is 10.9. The molecule has 1 atom stereocenters. The van der Waals surface area contributed by atoms with E-state index >= 15 is 0 Å². The van der Waals surface area contributed by atoms with Crippen LogP contribution in [0.15, 0.2) is 73.1 Å². The standard InChI is InChI=1S/C26H28N4O/c1-3-19(2)21-10-8-20(9-11-21)18-30-24-7-5-4-6-23(24)29-25(30)14-17-28-26(31)22-12-15-27-16-13-22/h4-13,15-16,19H,3,14,17-18H2,1-2H3,(H,28,31). The molecule has 0 radical (unpaired) electrons. The molecule has 0 aliphatic rings. The fourth-order valence-corrected chi connectivity index (χ4v) is 3.76. The summed E-state index contributed by atoms with van der Waals surface area (Å²) in [5, 5.41) is 2.99. The molecule has 31 heavy (non-hydrogen) atoms. The Kier molecular flexibility index (Phi) is 6.41. The minimum atomic E-state index is -0.0920. The number of carbonyl (C=O) groups is 1. The van der Waals surface area contributed by atoms with E-state index in [2.05, 4.69) is 59.0 Å². The Hall–Kier alpha value is -3.47. The largest absolute Gasteiger partial charge is 0.352 e. The van der Waals surface area contributed by atoms with Gasteiger partial charge in [-0.15, -0.1) is 0 Å². The lowest BCUT2D eigenvalue weighted by atomic mass is 9.98. The van der Waals surface area contributed by atoms with Gasteiger partial charge in [-0.1, -0.05) is 50.2 Å². The van der Waals surface area contributed by atoms with E-state index in [9.17, 15) is 4.79 Å². The Balaban J connectivity index is 1.51. The number of aromatic nitrogens is 3. The van der Waals surface area contributed by atoms with E-state index < -0.39 is 0 Å². The van der Waals surface area contributed by atoms with Crippen LogP contribution in [0.3, 0.4) is 0 Å². The molecule has 4 aromatic rings. The molecule has 0 spiro atoms. The number of fused-ring (bicyclic) bond motifs is 1. The van der Waals surface area contributed by atoms with E-state index in [4.69, 9.17) is 4.98 Å². The van der Waals surface area contributed by atoms with Gasteiger partial charge >= 0.3 is 0 Å². The SMILES string of the molecule is CCC(C)c1ccc(Cn2c(CCNC(=O)c3ccncc3)nc3ccccc32)cc1. The maximum atomic E-state index is 12.3. The topological polar surface area (TPSA) is 59.8 Å². The van der Waals surface area contributed by atoms with Crippen LogP contribution in [0.2, 0.25) is 0 Å². The summed E-state index contributed by atoms with van der Waals surface area (Å²) in [6, 6.07) is 20.5. The van der Waals surface area contributed by atoms with Gasteiger partial charge in [-0.2, -0.15) is 0 Å². The first-order valence-corrected chi connectivity index (χ1v) is 10.9. The van der Waals surface area contributed by atoms with Crippen molar-refractivity contribution in [2.24, 2.45) is 0 Å². The van der Waals surface area contributed by atoms with Crippen LogP contribution in [0.5, 0.6) is 0 Å². The fourth-order valence-electron chi connectivity index (χ4n) is 3.76. The van der Waals surface area contributed by atoms with Gasteiger partial charge < -0.3 is 9.88 Å². The Morgan fingerprint density at radius 2 is 1.77 bits per heavy atom. The number of rotatable bonds is 8. The zero-order valence-electron chi connectivity index (χ0n) is 18.1. The van der Waals surface area contributed by atoms with Crippen LogP contribution in [-0.2, 0) is 13.0 Å². The molecule has 2 heterocycles. The highest BCUT2D eigenvalue weighted by Crippen LogP contribution is 2.21. The summed E-state index contributed by atoms with van der Waals surface area (Å²) in [4.78, 5) is 21.1. The summed E-state index contributed by atoms with van der Waals surface area (Å²) < 4.78 is 2.26. The maximum Gasteiger partial charge on any atom is 0.251 e. The van der Waals surface area contributed by atoms with Crippen molar-refractivity contribution in [3.63, 3.8) is 0 Å². The molecule has 0 bridgehead atoms. The van der Waals surface area contributed by atoms with Gasteiger partial charge in [0.2, 0.25) is 0 Å². The molecule has 1 unspecified atom stereocenters. The molecule has 2 aromatic carbocycles. The number of para-hydroxylation sites is 2. The van der Waals surface area contributed by atoms with Gasteiger partial charge in [-0.25, -0.2) is 4.98 Å². The van der Waals surface area contributed by atoms with Crippen molar-refractivity contribution in [2.75, 3.05) is 6.54 Å². The van der Waals surface area contributed by atoms with Crippen molar-refractivity contribution in [1.82, 2.24) is 19.9 Å². The van der Waals surface area contributed by atoms with Crippen LogP contribution >= 0.6 is 0 Å². The summed E-state index contributed by atoms with van der Waals surface area (Å²) in [7, 11) is 0. The number of pyridine rings is 1. The van der Waals surface area contributed by atoms with E-state index in [0.29, 0.717) is 24.4 Å². The molecule has 0 saturated carbocycles. The van der Waals surface area contributed by atoms with Crippen LogP contribution in [0.25, 0.3) is 11.0 Å². The number of carbonyl (C=O) groups excluding carboxylic acids is 1. The summed E-state index contributed by atoms with van der Waals surface area (Å²) in [6.45, 7) is 5.76. The molecule has 5 nitrogen and oxygen atoms in total. The van der Waals surface area contributed by atoms with Crippen LogP contribution in [0, 0.1) is 0 Å². The van der Waals surface area contributed by atoms with Crippen molar-refractivity contribution in [1.29, 1.82) is 0 Å². The second kappa shape index (κ2) is 9.56. The van der Waals surface area contributed by atoms with Crippen molar-refractivity contribution in [2.45, 2.75) is 39.2 Å². The smallest absolute Gasteiger partial charge is 0.251 e. The lowest BCUT2D eigenvalue weighted by Gasteiger charge is -2.12. The predicted molar refractivity (Wildman–Crippen MR) is 124 cm³/mol. The van der Waals surface area contributed by atoms with E-state index in [1.54, 1.807) is 24.5 Å². The average molecular weight is 413 g/mol. The van der Waals surface area contributed by atoms with Gasteiger partial charge in [0.1, 0.15) is 5.82 Å². The molecule has 2 aromatic heterocycles.